The maximum absolute atomic E-state index is 5.58. The van der Waals surface area contributed by atoms with Crippen LogP contribution in [0, 0.1) is 0 Å². The Morgan fingerprint density at radius 1 is 0.390 bits per heavy atom. The number of amidine groups is 2. The molecule has 3 heterocycles. The van der Waals surface area contributed by atoms with Crippen LogP contribution in [0.1, 0.15) is 47.8 Å². The third-order valence-corrected chi connectivity index (χ3v) is 16.2. The lowest BCUT2D eigenvalue weighted by Crippen LogP contribution is -2.34. The number of hydrogen-bond donors (Lipinski definition) is 1. The Kier molecular flexibility index (Phi) is 10.2. The topological polar surface area (TPSA) is 46.6 Å². The molecular formula is C72H51N5. The third kappa shape index (κ3) is 7.08. The van der Waals surface area contributed by atoms with Crippen molar-refractivity contribution in [2.75, 3.05) is 0 Å². The molecule has 11 aromatic carbocycles. The zero-order chi connectivity index (χ0) is 51.2. The summed E-state index contributed by atoms with van der Waals surface area (Å²) < 4.78 is 4.92. The van der Waals surface area contributed by atoms with Gasteiger partial charge in [0.25, 0.3) is 0 Å². The lowest BCUT2D eigenvalue weighted by molar-refractivity contribution is 0.659. The van der Waals surface area contributed by atoms with E-state index in [1.54, 1.807) is 0 Å². The SMILES string of the molecule is CC1(C)c2ccccc2-c2c(C3=NC(c4ccccc4)=NC(c4ccc(-c5ccccc5)cc4-n4c5ccccc5c5c(-c6cccc7c6c6ccc(-c8ccccc8)cc6n7-c6ccccc6)cccc54)N3)cccc21. The van der Waals surface area contributed by atoms with Crippen molar-refractivity contribution in [3.8, 4) is 55.9 Å². The van der Waals surface area contributed by atoms with Crippen molar-refractivity contribution < 1.29 is 0 Å². The molecule has 5 heteroatoms. The van der Waals surface area contributed by atoms with E-state index in [0.717, 1.165) is 61.6 Å². The monoisotopic (exact) mass is 985 g/mol. The molecule has 1 atom stereocenters. The molecule has 2 aliphatic rings. The van der Waals surface area contributed by atoms with E-state index >= 15 is 0 Å². The second-order valence-electron chi connectivity index (χ2n) is 20.9. The first-order valence-corrected chi connectivity index (χ1v) is 26.6. The second kappa shape index (κ2) is 17.6. The number of hydrogen-bond acceptors (Lipinski definition) is 3. The molecule has 77 heavy (non-hydrogen) atoms. The van der Waals surface area contributed by atoms with Crippen molar-refractivity contribution in [3.63, 3.8) is 0 Å². The van der Waals surface area contributed by atoms with Crippen molar-refractivity contribution in [2.45, 2.75) is 25.4 Å². The Hall–Kier alpha value is -9.84. The summed E-state index contributed by atoms with van der Waals surface area (Å²) in [7, 11) is 0. The summed E-state index contributed by atoms with van der Waals surface area (Å²) in [5.74, 6) is 1.49. The van der Waals surface area contributed by atoms with E-state index in [1.807, 2.05) is 0 Å². The average Bonchev–Trinajstić information content (AvgIpc) is 4.31. The van der Waals surface area contributed by atoms with Gasteiger partial charge in [0.15, 0.2) is 5.84 Å². The maximum atomic E-state index is 5.58. The fraction of sp³-hybridized carbons (Fsp3) is 0.0556. The molecule has 0 saturated carbocycles. The summed E-state index contributed by atoms with van der Waals surface area (Å²) in [5, 5.41) is 8.79. The van der Waals surface area contributed by atoms with Crippen molar-refractivity contribution in [1.29, 1.82) is 0 Å². The Bertz CT molecular complexity index is 4540. The summed E-state index contributed by atoms with van der Waals surface area (Å²) in [6.45, 7) is 4.67. The van der Waals surface area contributed by atoms with Crippen molar-refractivity contribution in [2.24, 2.45) is 9.98 Å². The van der Waals surface area contributed by atoms with Crippen LogP contribution in [-0.2, 0) is 5.41 Å². The van der Waals surface area contributed by atoms with Gasteiger partial charge in [0.05, 0.1) is 27.8 Å². The van der Waals surface area contributed by atoms with Crippen LogP contribution in [0.5, 0.6) is 0 Å². The van der Waals surface area contributed by atoms with Crippen molar-refractivity contribution >= 4 is 55.3 Å². The molecule has 1 unspecified atom stereocenters. The molecule has 2 aromatic heterocycles. The van der Waals surface area contributed by atoms with Crippen LogP contribution in [0.4, 0.5) is 0 Å². The number of nitrogens with one attached hydrogen (secondary N) is 1. The van der Waals surface area contributed by atoms with E-state index in [4.69, 9.17) is 9.98 Å². The predicted molar refractivity (Wildman–Crippen MR) is 321 cm³/mol. The fourth-order valence-electron chi connectivity index (χ4n) is 12.7. The quantitative estimate of drug-likeness (QED) is 0.162. The highest BCUT2D eigenvalue weighted by Crippen LogP contribution is 2.51. The summed E-state index contributed by atoms with van der Waals surface area (Å²) in [6, 6.07) is 94.6. The molecule has 0 saturated heterocycles. The Morgan fingerprint density at radius 2 is 0.909 bits per heavy atom. The summed E-state index contributed by atoms with van der Waals surface area (Å²) in [5.41, 5.74) is 21.7. The molecular weight excluding hydrogens is 935 g/mol. The minimum atomic E-state index is -0.504. The van der Waals surface area contributed by atoms with Crippen molar-refractivity contribution in [3.05, 3.63) is 289 Å². The number of aliphatic imine (C=N–C) groups is 2. The fourth-order valence-corrected chi connectivity index (χ4v) is 12.7. The van der Waals surface area contributed by atoms with Crippen LogP contribution in [0.2, 0.25) is 0 Å². The predicted octanol–water partition coefficient (Wildman–Crippen LogP) is 17.7. The molecule has 0 spiro atoms. The van der Waals surface area contributed by atoms with E-state index in [2.05, 4.69) is 289 Å². The first kappa shape index (κ1) is 44.6. The minimum absolute atomic E-state index is 0.168. The number of rotatable bonds is 8. The summed E-state index contributed by atoms with van der Waals surface area (Å²) in [4.78, 5) is 11.0. The van der Waals surface area contributed by atoms with Gasteiger partial charge >= 0.3 is 0 Å². The van der Waals surface area contributed by atoms with Gasteiger partial charge in [-0.3, -0.25) is 0 Å². The number of benzene rings is 11. The van der Waals surface area contributed by atoms with Gasteiger partial charge in [-0.15, -0.1) is 0 Å². The second-order valence-corrected chi connectivity index (χ2v) is 20.9. The molecule has 1 aliphatic carbocycles. The number of aromatic nitrogens is 2. The van der Waals surface area contributed by atoms with E-state index in [9.17, 15) is 0 Å². The van der Waals surface area contributed by atoms with Gasteiger partial charge < -0.3 is 14.5 Å². The molecule has 13 aromatic rings. The molecule has 364 valence electrons. The van der Waals surface area contributed by atoms with Crippen LogP contribution in [0.3, 0.4) is 0 Å². The van der Waals surface area contributed by atoms with Crippen LogP contribution >= 0.6 is 0 Å². The first-order chi connectivity index (χ1) is 38.0. The van der Waals surface area contributed by atoms with Crippen LogP contribution in [-0.4, -0.2) is 20.8 Å². The highest BCUT2D eigenvalue weighted by molar-refractivity contribution is 6.23. The van der Waals surface area contributed by atoms with Gasteiger partial charge in [-0.2, -0.15) is 0 Å². The van der Waals surface area contributed by atoms with E-state index < -0.39 is 6.17 Å². The average molecular weight is 986 g/mol. The standard InChI is InChI=1S/C72H51N5/c1-72(2)59-35-17-15-30-54(59)66-58(34-19-36-60(66)72)71-74-69(48-26-11-5-12-27-48)73-70(75-71)57-43-41-50(47-24-9-4-10-25-47)45-65(57)77-61-37-18-16-31-55(61)67-52(33-21-39-63(67)77)53-32-20-38-62-68(53)56-42-40-49(46-22-7-3-8-23-46)44-64(56)76(62)51-28-13-6-14-29-51/h3-45,70H,1-2H3,(H,73,74,75). The molecule has 15 rings (SSSR count). The molecule has 0 radical (unpaired) electrons. The van der Waals surface area contributed by atoms with Crippen LogP contribution in [0.25, 0.3) is 99.5 Å². The lowest BCUT2D eigenvalue weighted by atomic mass is 9.82. The Morgan fingerprint density at radius 3 is 1.62 bits per heavy atom. The summed E-state index contributed by atoms with van der Waals surface area (Å²) in [6.07, 6.45) is -0.504. The van der Waals surface area contributed by atoms with Gasteiger partial charge in [-0.25, -0.2) is 9.98 Å². The number of para-hydroxylation sites is 2. The Balaban J connectivity index is 0.966. The molecule has 1 aliphatic heterocycles. The maximum Gasteiger partial charge on any atom is 0.159 e. The molecule has 0 fully saturated rings. The summed E-state index contributed by atoms with van der Waals surface area (Å²) >= 11 is 0. The van der Waals surface area contributed by atoms with Crippen LogP contribution < -0.4 is 5.32 Å². The van der Waals surface area contributed by atoms with Gasteiger partial charge in [0.1, 0.15) is 12.0 Å². The zero-order valence-electron chi connectivity index (χ0n) is 42.7. The highest BCUT2D eigenvalue weighted by Gasteiger charge is 2.38. The lowest BCUT2D eigenvalue weighted by Gasteiger charge is -2.27. The van der Waals surface area contributed by atoms with Gasteiger partial charge in [-0.05, 0) is 98.1 Å². The largest absolute Gasteiger partial charge is 0.344 e. The van der Waals surface area contributed by atoms with E-state index in [-0.39, 0.29) is 5.41 Å². The molecule has 1 N–H and O–H groups in total. The smallest absolute Gasteiger partial charge is 0.159 e. The first-order valence-electron chi connectivity index (χ1n) is 26.6. The van der Waals surface area contributed by atoms with Crippen molar-refractivity contribution in [1.82, 2.24) is 14.5 Å². The molecule has 5 nitrogen and oxygen atoms in total. The molecule has 0 bridgehead atoms. The van der Waals surface area contributed by atoms with Gasteiger partial charge in [0, 0.05) is 49.3 Å². The third-order valence-electron chi connectivity index (χ3n) is 16.2. The van der Waals surface area contributed by atoms with E-state index in [0.29, 0.717) is 5.84 Å². The Labute approximate surface area is 447 Å². The highest BCUT2D eigenvalue weighted by atomic mass is 15.2. The minimum Gasteiger partial charge on any atom is -0.344 e. The van der Waals surface area contributed by atoms with Crippen LogP contribution in [0.15, 0.2) is 271 Å². The van der Waals surface area contributed by atoms with Gasteiger partial charge in [-0.1, -0.05) is 232 Å². The number of fused-ring (bicyclic) bond motifs is 9. The van der Waals surface area contributed by atoms with E-state index in [1.165, 1.54) is 71.6 Å². The number of nitrogens with zero attached hydrogens (tertiary/aromatic N) is 4. The molecule has 0 amide bonds. The zero-order valence-corrected chi connectivity index (χ0v) is 42.7. The van der Waals surface area contributed by atoms with Gasteiger partial charge in [0.2, 0.25) is 0 Å². The normalized spacial score (nSPS) is 14.6.